The van der Waals surface area contributed by atoms with E-state index in [9.17, 15) is 18.9 Å². The molecule has 4 aromatic rings. The van der Waals surface area contributed by atoms with Crippen LogP contribution in [0.4, 0.5) is 49.4 Å². The predicted octanol–water partition coefficient (Wildman–Crippen LogP) is 5.29. The summed E-state index contributed by atoms with van der Waals surface area (Å²) < 4.78 is 27.1. The van der Waals surface area contributed by atoms with Crippen LogP contribution in [0.5, 0.6) is 0 Å². The summed E-state index contributed by atoms with van der Waals surface area (Å²) in [6.07, 6.45) is 0. The van der Waals surface area contributed by atoms with Crippen LogP contribution in [-0.4, -0.2) is 19.9 Å². The van der Waals surface area contributed by atoms with E-state index in [1.165, 1.54) is 60.7 Å². The molecule has 0 radical (unpaired) electrons. The van der Waals surface area contributed by atoms with Crippen LogP contribution >= 0.6 is 0 Å². The lowest BCUT2D eigenvalue weighted by Gasteiger charge is -2.11. The van der Waals surface area contributed by atoms with Gasteiger partial charge < -0.3 is 16.0 Å². The molecule has 0 spiro atoms. The molecule has 0 saturated carbocycles. The van der Waals surface area contributed by atoms with E-state index in [1.54, 1.807) is 12.1 Å². The first kappa shape index (κ1) is 20.6. The minimum atomic E-state index is -0.505. The molecule has 0 atom stereocenters. The topological polar surface area (TPSA) is 118 Å². The van der Waals surface area contributed by atoms with E-state index >= 15 is 0 Å². The van der Waals surface area contributed by atoms with Gasteiger partial charge in [-0.2, -0.15) is 15.0 Å². The van der Waals surface area contributed by atoms with E-state index in [1.807, 2.05) is 0 Å². The van der Waals surface area contributed by atoms with Crippen molar-refractivity contribution in [3.05, 3.63) is 94.5 Å². The summed E-state index contributed by atoms with van der Waals surface area (Å²) >= 11 is 0. The quantitative estimate of drug-likeness (QED) is 0.265. The van der Waals surface area contributed by atoms with E-state index in [2.05, 4.69) is 30.9 Å². The first-order valence-corrected chi connectivity index (χ1v) is 9.27. The molecule has 0 unspecified atom stereocenters. The first-order chi connectivity index (χ1) is 15.4. The van der Waals surface area contributed by atoms with Gasteiger partial charge in [0.05, 0.1) is 4.92 Å². The van der Waals surface area contributed by atoms with Gasteiger partial charge in [0.2, 0.25) is 17.8 Å². The van der Waals surface area contributed by atoms with Gasteiger partial charge >= 0.3 is 0 Å². The maximum Gasteiger partial charge on any atom is 0.269 e. The fourth-order valence-corrected chi connectivity index (χ4v) is 2.73. The van der Waals surface area contributed by atoms with Crippen LogP contribution in [0.25, 0.3) is 0 Å². The van der Waals surface area contributed by atoms with Gasteiger partial charge in [0.1, 0.15) is 11.6 Å². The van der Waals surface area contributed by atoms with E-state index in [0.717, 1.165) is 0 Å². The van der Waals surface area contributed by atoms with Crippen LogP contribution in [0.2, 0.25) is 0 Å². The number of nitrogens with zero attached hydrogens (tertiary/aromatic N) is 4. The molecule has 0 bridgehead atoms. The maximum atomic E-state index is 13.5. The van der Waals surface area contributed by atoms with Crippen molar-refractivity contribution in [1.29, 1.82) is 0 Å². The molecule has 1 aromatic heterocycles. The lowest BCUT2D eigenvalue weighted by atomic mass is 10.3. The van der Waals surface area contributed by atoms with Crippen molar-refractivity contribution >= 4 is 40.6 Å². The third kappa shape index (κ3) is 5.27. The third-order valence-electron chi connectivity index (χ3n) is 4.13. The number of benzene rings is 3. The van der Waals surface area contributed by atoms with Crippen LogP contribution < -0.4 is 16.0 Å². The molecule has 0 saturated heterocycles. The van der Waals surface area contributed by atoms with E-state index in [-0.39, 0.29) is 23.5 Å². The van der Waals surface area contributed by atoms with Crippen molar-refractivity contribution in [3.8, 4) is 0 Å². The predicted molar refractivity (Wildman–Crippen MR) is 116 cm³/mol. The molecule has 1 heterocycles. The van der Waals surface area contributed by atoms with Crippen molar-refractivity contribution < 1.29 is 13.7 Å². The molecule has 4 rings (SSSR count). The van der Waals surface area contributed by atoms with Crippen LogP contribution in [0.1, 0.15) is 0 Å². The van der Waals surface area contributed by atoms with Crippen molar-refractivity contribution in [2.24, 2.45) is 0 Å². The minimum absolute atomic E-state index is 0.0619. The Morgan fingerprint density at radius 2 is 1.09 bits per heavy atom. The van der Waals surface area contributed by atoms with Crippen LogP contribution in [0.3, 0.4) is 0 Å². The Kier molecular flexibility index (Phi) is 5.79. The third-order valence-corrected chi connectivity index (χ3v) is 4.13. The minimum Gasteiger partial charge on any atom is -0.324 e. The Morgan fingerprint density at radius 1 is 0.656 bits per heavy atom. The van der Waals surface area contributed by atoms with Crippen LogP contribution in [0, 0.1) is 21.7 Å². The number of anilines is 6. The van der Waals surface area contributed by atoms with E-state index in [4.69, 9.17) is 0 Å². The summed E-state index contributed by atoms with van der Waals surface area (Å²) in [6, 6.07) is 17.1. The Morgan fingerprint density at radius 3 is 1.50 bits per heavy atom. The van der Waals surface area contributed by atoms with Gasteiger partial charge in [0.25, 0.3) is 5.69 Å². The SMILES string of the molecule is O=[N+]([O-])c1ccc(Nc2nc(Nc3cccc(F)c3)nc(Nc3cccc(F)c3)n2)cc1. The molecular formula is C21H15F2N7O2. The number of nitro benzene ring substituents is 1. The number of halogens is 2. The van der Waals surface area contributed by atoms with E-state index in [0.29, 0.717) is 17.1 Å². The normalized spacial score (nSPS) is 10.4. The zero-order valence-electron chi connectivity index (χ0n) is 16.3. The first-order valence-electron chi connectivity index (χ1n) is 9.27. The second-order valence-electron chi connectivity index (χ2n) is 6.51. The number of aromatic nitrogens is 3. The maximum absolute atomic E-state index is 13.5. The highest BCUT2D eigenvalue weighted by Gasteiger charge is 2.10. The summed E-state index contributed by atoms with van der Waals surface area (Å²) in [5.74, 6) is -0.590. The fraction of sp³-hybridized carbons (Fsp3) is 0. The largest absolute Gasteiger partial charge is 0.324 e. The summed E-state index contributed by atoms with van der Waals surface area (Å²) in [5.41, 5.74) is 1.26. The van der Waals surface area contributed by atoms with Gasteiger partial charge in [0, 0.05) is 29.2 Å². The van der Waals surface area contributed by atoms with Crippen molar-refractivity contribution in [2.75, 3.05) is 16.0 Å². The Labute approximate surface area is 180 Å². The number of rotatable bonds is 7. The van der Waals surface area contributed by atoms with Gasteiger partial charge in [-0.1, -0.05) is 12.1 Å². The molecule has 0 aliphatic heterocycles. The number of nitro groups is 1. The molecule has 0 fully saturated rings. The van der Waals surface area contributed by atoms with Gasteiger partial charge in [-0.15, -0.1) is 0 Å². The zero-order chi connectivity index (χ0) is 22.5. The van der Waals surface area contributed by atoms with E-state index < -0.39 is 16.6 Å². The molecule has 0 aliphatic rings. The van der Waals surface area contributed by atoms with Gasteiger partial charge in [-0.25, -0.2) is 8.78 Å². The molecule has 11 heteroatoms. The second-order valence-corrected chi connectivity index (χ2v) is 6.51. The summed E-state index contributed by atoms with van der Waals surface area (Å²) in [6.45, 7) is 0. The average Bonchev–Trinajstić information content (AvgIpc) is 2.74. The highest BCUT2D eigenvalue weighted by atomic mass is 19.1. The molecule has 32 heavy (non-hydrogen) atoms. The average molecular weight is 435 g/mol. The number of hydrogen-bond acceptors (Lipinski definition) is 8. The molecule has 0 amide bonds. The number of hydrogen-bond donors (Lipinski definition) is 3. The molecule has 3 aromatic carbocycles. The molecule has 0 aliphatic carbocycles. The molecule has 3 N–H and O–H groups in total. The smallest absolute Gasteiger partial charge is 0.269 e. The second kappa shape index (κ2) is 9.00. The Bertz CT molecular complexity index is 1200. The number of non-ortho nitro benzene ring substituents is 1. The summed E-state index contributed by atoms with van der Waals surface area (Å²) in [7, 11) is 0. The number of nitrogens with one attached hydrogen (secondary N) is 3. The van der Waals surface area contributed by atoms with Crippen molar-refractivity contribution in [2.45, 2.75) is 0 Å². The summed E-state index contributed by atoms with van der Waals surface area (Å²) in [5, 5.41) is 19.5. The van der Waals surface area contributed by atoms with Crippen LogP contribution in [-0.2, 0) is 0 Å². The van der Waals surface area contributed by atoms with Crippen molar-refractivity contribution in [1.82, 2.24) is 15.0 Å². The Hall–Kier alpha value is -4.67. The lowest BCUT2D eigenvalue weighted by molar-refractivity contribution is -0.384. The Balaban J connectivity index is 1.65. The molecular weight excluding hydrogens is 420 g/mol. The fourth-order valence-electron chi connectivity index (χ4n) is 2.73. The zero-order valence-corrected chi connectivity index (χ0v) is 16.3. The molecule has 9 nitrogen and oxygen atoms in total. The lowest BCUT2D eigenvalue weighted by Crippen LogP contribution is -2.07. The standard InChI is InChI=1S/C21H15F2N7O2/c22-13-3-1-5-16(11-13)25-20-27-19(24-15-7-9-18(10-8-15)30(31)32)28-21(29-20)26-17-6-2-4-14(23)12-17/h1-12H,(H3,24,25,26,27,28,29). The van der Waals surface area contributed by atoms with Crippen LogP contribution in [0.15, 0.2) is 72.8 Å². The van der Waals surface area contributed by atoms with Gasteiger partial charge in [0.15, 0.2) is 0 Å². The highest BCUT2D eigenvalue weighted by molar-refractivity contribution is 5.62. The summed E-state index contributed by atoms with van der Waals surface area (Å²) in [4.78, 5) is 23.1. The van der Waals surface area contributed by atoms with Gasteiger partial charge in [-0.05, 0) is 48.5 Å². The van der Waals surface area contributed by atoms with Gasteiger partial charge in [-0.3, -0.25) is 10.1 Å². The highest BCUT2D eigenvalue weighted by Crippen LogP contribution is 2.22. The van der Waals surface area contributed by atoms with Crippen molar-refractivity contribution in [3.63, 3.8) is 0 Å². The molecule has 160 valence electrons. The monoisotopic (exact) mass is 435 g/mol.